The second-order valence-corrected chi connectivity index (χ2v) is 6.16. The Hall–Kier alpha value is -2.76. The zero-order valence-electron chi connectivity index (χ0n) is 14.3. The minimum atomic E-state index is -2.80. The van der Waals surface area contributed by atoms with Crippen LogP contribution in [0.25, 0.3) is 11.1 Å². The molecular formula is C19H19F2N3O. The number of nitrogens with zero attached hydrogens (tertiary/aromatic N) is 3. The van der Waals surface area contributed by atoms with Crippen LogP contribution in [-0.2, 0) is 13.6 Å². The molecule has 4 nitrogen and oxygen atoms in total. The SMILES string of the molecule is Cc1cccc(-c2ccc(C)c(Cn3c(C(F)F)nn(C)c3=O)c2)c1. The average molecular weight is 343 g/mol. The molecule has 6 heteroatoms. The minimum absolute atomic E-state index is 0.0673. The first-order valence-corrected chi connectivity index (χ1v) is 7.95. The van der Waals surface area contributed by atoms with E-state index in [1.54, 1.807) is 0 Å². The van der Waals surface area contributed by atoms with Crippen molar-refractivity contribution in [2.75, 3.05) is 0 Å². The van der Waals surface area contributed by atoms with Gasteiger partial charge in [-0.2, -0.15) is 0 Å². The number of halogens is 2. The fourth-order valence-electron chi connectivity index (χ4n) is 2.85. The maximum Gasteiger partial charge on any atom is 0.346 e. The molecule has 0 atom stereocenters. The van der Waals surface area contributed by atoms with Crippen molar-refractivity contribution in [1.29, 1.82) is 0 Å². The quantitative estimate of drug-likeness (QED) is 0.722. The molecule has 1 heterocycles. The molecule has 0 aliphatic heterocycles. The minimum Gasteiger partial charge on any atom is -0.270 e. The fourth-order valence-corrected chi connectivity index (χ4v) is 2.85. The highest BCUT2D eigenvalue weighted by molar-refractivity contribution is 5.65. The van der Waals surface area contributed by atoms with E-state index in [9.17, 15) is 13.6 Å². The third kappa shape index (κ3) is 3.38. The van der Waals surface area contributed by atoms with Gasteiger partial charge in [-0.15, -0.1) is 5.10 Å². The Morgan fingerprint density at radius 1 is 1.08 bits per heavy atom. The van der Waals surface area contributed by atoms with Gasteiger partial charge in [-0.25, -0.2) is 18.3 Å². The summed E-state index contributed by atoms with van der Waals surface area (Å²) >= 11 is 0. The van der Waals surface area contributed by atoms with Crippen molar-refractivity contribution in [3.05, 3.63) is 75.5 Å². The number of benzene rings is 2. The van der Waals surface area contributed by atoms with Crippen LogP contribution in [0.5, 0.6) is 0 Å². The summed E-state index contributed by atoms with van der Waals surface area (Å²) in [6, 6.07) is 13.9. The number of hydrogen-bond acceptors (Lipinski definition) is 2. The van der Waals surface area contributed by atoms with Gasteiger partial charge in [0.25, 0.3) is 6.43 Å². The molecule has 1 aromatic heterocycles. The lowest BCUT2D eigenvalue weighted by atomic mass is 9.98. The zero-order chi connectivity index (χ0) is 18.1. The molecule has 0 unspecified atom stereocenters. The molecular weight excluding hydrogens is 324 g/mol. The molecule has 3 aromatic rings. The van der Waals surface area contributed by atoms with Crippen LogP contribution in [0.3, 0.4) is 0 Å². The molecule has 130 valence electrons. The first kappa shape index (κ1) is 17.1. The van der Waals surface area contributed by atoms with Gasteiger partial charge in [0.05, 0.1) is 6.54 Å². The second-order valence-electron chi connectivity index (χ2n) is 6.16. The van der Waals surface area contributed by atoms with Crippen LogP contribution in [0.2, 0.25) is 0 Å². The standard InChI is InChI=1S/C19H19F2N3O/c1-12-5-4-6-14(9-12)15-8-7-13(2)16(10-15)11-24-18(17(20)21)22-23(3)19(24)25/h4-10,17H,11H2,1-3H3. The van der Waals surface area contributed by atoms with Gasteiger partial charge in [0.2, 0.25) is 5.82 Å². The predicted molar refractivity (Wildman–Crippen MR) is 92.9 cm³/mol. The van der Waals surface area contributed by atoms with E-state index in [0.717, 1.165) is 37.1 Å². The third-order valence-corrected chi connectivity index (χ3v) is 4.26. The van der Waals surface area contributed by atoms with Crippen LogP contribution >= 0.6 is 0 Å². The Labute approximate surface area is 144 Å². The number of aryl methyl sites for hydroxylation is 3. The van der Waals surface area contributed by atoms with E-state index >= 15 is 0 Å². The summed E-state index contributed by atoms with van der Waals surface area (Å²) in [4.78, 5) is 12.1. The summed E-state index contributed by atoms with van der Waals surface area (Å²) in [5.41, 5.74) is 4.39. The smallest absolute Gasteiger partial charge is 0.270 e. The van der Waals surface area contributed by atoms with Crippen molar-refractivity contribution in [3.63, 3.8) is 0 Å². The zero-order valence-corrected chi connectivity index (χ0v) is 14.3. The van der Waals surface area contributed by atoms with E-state index in [1.165, 1.54) is 7.05 Å². The summed E-state index contributed by atoms with van der Waals surface area (Å²) in [5, 5.41) is 3.64. The Balaban J connectivity index is 2.05. The Morgan fingerprint density at radius 3 is 2.48 bits per heavy atom. The third-order valence-electron chi connectivity index (χ3n) is 4.26. The number of rotatable bonds is 4. The average Bonchev–Trinajstić information content (AvgIpc) is 2.85. The Bertz CT molecular complexity index is 973. The van der Waals surface area contributed by atoms with Gasteiger partial charge < -0.3 is 0 Å². The largest absolute Gasteiger partial charge is 0.346 e. The van der Waals surface area contributed by atoms with Crippen LogP contribution in [0.4, 0.5) is 8.78 Å². The van der Waals surface area contributed by atoms with E-state index in [1.807, 2.05) is 50.2 Å². The van der Waals surface area contributed by atoms with Crippen molar-refractivity contribution in [2.24, 2.45) is 7.05 Å². The normalized spacial score (nSPS) is 11.3. The molecule has 0 spiro atoms. The highest BCUT2D eigenvalue weighted by Crippen LogP contribution is 2.24. The molecule has 25 heavy (non-hydrogen) atoms. The first-order chi connectivity index (χ1) is 11.9. The molecule has 0 amide bonds. The van der Waals surface area contributed by atoms with Crippen LogP contribution in [-0.4, -0.2) is 14.3 Å². The van der Waals surface area contributed by atoms with Crippen LogP contribution < -0.4 is 5.69 Å². The van der Waals surface area contributed by atoms with Gasteiger partial charge >= 0.3 is 5.69 Å². The number of aromatic nitrogens is 3. The van der Waals surface area contributed by atoms with Gasteiger partial charge in [0, 0.05) is 7.05 Å². The highest BCUT2D eigenvalue weighted by atomic mass is 19.3. The summed E-state index contributed by atoms with van der Waals surface area (Å²) in [7, 11) is 1.38. The van der Waals surface area contributed by atoms with Gasteiger partial charge in [-0.05, 0) is 42.2 Å². The summed E-state index contributed by atoms with van der Waals surface area (Å²) in [5.74, 6) is -0.507. The van der Waals surface area contributed by atoms with E-state index in [4.69, 9.17) is 0 Å². The van der Waals surface area contributed by atoms with E-state index in [0.29, 0.717) is 0 Å². The van der Waals surface area contributed by atoms with Gasteiger partial charge in [0.15, 0.2) is 0 Å². The van der Waals surface area contributed by atoms with E-state index in [-0.39, 0.29) is 6.54 Å². The predicted octanol–water partition coefficient (Wildman–Crippen LogP) is 3.85. The van der Waals surface area contributed by atoms with Gasteiger partial charge in [-0.3, -0.25) is 4.57 Å². The van der Waals surface area contributed by atoms with Crippen molar-refractivity contribution in [2.45, 2.75) is 26.8 Å². The molecule has 0 aliphatic carbocycles. The first-order valence-electron chi connectivity index (χ1n) is 7.95. The lowest BCUT2D eigenvalue weighted by Gasteiger charge is -2.11. The summed E-state index contributed by atoms with van der Waals surface area (Å²) in [6.07, 6.45) is -2.80. The van der Waals surface area contributed by atoms with Gasteiger partial charge in [-0.1, -0.05) is 42.0 Å². The van der Waals surface area contributed by atoms with E-state index in [2.05, 4.69) is 11.2 Å². The molecule has 0 bridgehead atoms. The molecule has 0 saturated heterocycles. The lowest BCUT2D eigenvalue weighted by molar-refractivity contribution is 0.134. The molecule has 0 saturated carbocycles. The summed E-state index contributed by atoms with van der Waals surface area (Å²) < 4.78 is 28.3. The second kappa shape index (κ2) is 6.63. The Kier molecular flexibility index (Phi) is 4.53. The van der Waals surface area contributed by atoms with Crippen LogP contribution in [0.15, 0.2) is 47.3 Å². The van der Waals surface area contributed by atoms with Crippen molar-refractivity contribution >= 4 is 0 Å². The monoisotopic (exact) mass is 343 g/mol. The molecule has 0 radical (unpaired) electrons. The summed E-state index contributed by atoms with van der Waals surface area (Å²) in [6.45, 7) is 3.99. The maximum absolute atomic E-state index is 13.2. The van der Waals surface area contributed by atoms with E-state index < -0.39 is 17.9 Å². The van der Waals surface area contributed by atoms with Crippen LogP contribution in [0, 0.1) is 13.8 Å². The Morgan fingerprint density at radius 2 is 1.80 bits per heavy atom. The molecule has 2 aromatic carbocycles. The van der Waals surface area contributed by atoms with Crippen molar-refractivity contribution < 1.29 is 8.78 Å². The fraction of sp³-hybridized carbons (Fsp3) is 0.263. The van der Waals surface area contributed by atoms with Crippen molar-refractivity contribution in [1.82, 2.24) is 14.3 Å². The molecule has 3 rings (SSSR count). The number of hydrogen-bond donors (Lipinski definition) is 0. The topological polar surface area (TPSA) is 39.8 Å². The van der Waals surface area contributed by atoms with Gasteiger partial charge in [0.1, 0.15) is 0 Å². The highest BCUT2D eigenvalue weighted by Gasteiger charge is 2.20. The number of alkyl halides is 2. The lowest BCUT2D eigenvalue weighted by Crippen LogP contribution is -2.24. The maximum atomic E-state index is 13.2. The molecule has 0 fully saturated rings. The molecule has 0 N–H and O–H groups in total. The van der Waals surface area contributed by atoms with Crippen LogP contribution in [0.1, 0.15) is 28.9 Å². The molecule has 0 aliphatic rings. The van der Waals surface area contributed by atoms with Crippen molar-refractivity contribution in [3.8, 4) is 11.1 Å².